The smallest absolute Gasteiger partial charge is 0.427 e. The first-order valence-electron chi connectivity index (χ1n) is 8.08. The first-order chi connectivity index (χ1) is 13.1. The quantitative estimate of drug-likeness (QED) is 0.605. The van der Waals surface area contributed by atoms with Gasteiger partial charge in [-0.3, -0.25) is 0 Å². The van der Waals surface area contributed by atoms with E-state index >= 15 is 0 Å². The summed E-state index contributed by atoms with van der Waals surface area (Å²) in [5.41, 5.74) is -1.32. The Morgan fingerprint density at radius 2 is 1.71 bits per heavy atom. The highest BCUT2D eigenvalue weighted by atomic mass is 19.4. The third-order valence-electron chi connectivity index (χ3n) is 3.91. The third kappa shape index (κ3) is 3.90. The van der Waals surface area contributed by atoms with E-state index < -0.39 is 17.6 Å². The molecule has 3 aromatic rings. The van der Waals surface area contributed by atoms with E-state index in [0.717, 1.165) is 19.9 Å². The van der Waals surface area contributed by atoms with Crippen molar-refractivity contribution in [3.63, 3.8) is 0 Å². The summed E-state index contributed by atoms with van der Waals surface area (Å²) < 4.78 is 64.7. The SMILES string of the molecule is COc1ncc(-n2nccc2-c2cc(F)cc(OC(C)(C)C(F)(F)F)c2)cn1. The molecule has 28 heavy (non-hydrogen) atoms. The van der Waals surface area contributed by atoms with Gasteiger partial charge in [-0.05, 0) is 32.0 Å². The number of hydrogen-bond donors (Lipinski definition) is 0. The van der Waals surface area contributed by atoms with Crippen LogP contribution in [0, 0.1) is 5.82 Å². The summed E-state index contributed by atoms with van der Waals surface area (Å²) in [6.07, 6.45) is -0.260. The Labute approximate surface area is 157 Å². The molecule has 0 saturated heterocycles. The Morgan fingerprint density at radius 1 is 1.04 bits per heavy atom. The highest BCUT2D eigenvalue weighted by Gasteiger charge is 2.49. The van der Waals surface area contributed by atoms with Crippen LogP contribution in [0.4, 0.5) is 17.6 Å². The van der Waals surface area contributed by atoms with Gasteiger partial charge < -0.3 is 9.47 Å². The number of alkyl halides is 3. The minimum Gasteiger partial charge on any atom is -0.478 e. The van der Waals surface area contributed by atoms with Crippen molar-refractivity contribution in [2.24, 2.45) is 0 Å². The van der Waals surface area contributed by atoms with Gasteiger partial charge in [-0.25, -0.2) is 19.0 Å². The summed E-state index contributed by atoms with van der Waals surface area (Å²) in [5, 5.41) is 4.14. The number of benzene rings is 1. The molecule has 2 aromatic heterocycles. The second-order valence-electron chi connectivity index (χ2n) is 6.34. The van der Waals surface area contributed by atoms with Crippen LogP contribution in [0.5, 0.6) is 11.8 Å². The monoisotopic (exact) mass is 396 g/mol. The molecule has 0 fully saturated rings. The van der Waals surface area contributed by atoms with Crippen LogP contribution in [-0.2, 0) is 0 Å². The van der Waals surface area contributed by atoms with E-state index in [0.29, 0.717) is 11.4 Å². The van der Waals surface area contributed by atoms with Crippen molar-refractivity contribution in [2.75, 3.05) is 7.11 Å². The summed E-state index contributed by atoms with van der Waals surface area (Å²) in [4.78, 5) is 7.96. The molecular formula is C18H16F4N4O2. The van der Waals surface area contributed by atoms with Crippen molar-refractivity contribution in [1.82, 2.24) is 19.7 Å². The fourth-order valence-electron chi connectivity index (χ4n) is 2.37. The summed E-state index contributed by atoms with van der Waals surface area (Å²) in [7, 11) is 1.42. The van der Waals surface area contributed by atoms with Crippen LogP contribution in [0.2, 0.25) is 0 Å². The summed E-state index contributed by atoms with van der Waals surface area (Å²) in [6, 6.07) is 5.12. The van der Waals surface area contributed by atoms with Crippen LogP contribution in [0.3, 0.4) is 0 Å². The number of rotatable bonds is 5. The second-order valence-corrected chi connectivity index (χ2v) is 6.34. The van der Waals surface area contributed by atoms with Gasteiger partial charge in [-0.1, -0.05) is 0 Å². The predicted molar refractivity (Wildman–Crippen MR) is 91.9 cm³/mol. The van der Waals surface area contributed by atoms with Crippen LogP contribution < -0.4 is 9.47 Å². The Bertz CT molecular complexity index is 968. The van der Waals surface area contributed by atoms with Crippen LogP contribution >= 0.6 is 0 Å². The minimum atomic E-state index is -4.62. The maximum absolute atomic E-state index is 14.1. The van der Waals surface area contributed by atoms with Crippen molar-refractivity contribution in [1.29, 1.82) is 0 Å². The standard InChI is InChI=1S/C18H16F4N4O2/c1-17(2,18(20,21)22)28-14-7-11(6-12(19)8-14)15-4-5-25-26(15)13-9-23-16(27-3)24-10-13/h4-10H,1-3H3. The van der Waals surface area contributed by atoms with Crippen LogP contribution in [0.25, 0.3) is 16.9 Å². The van der Waals surface area contributed by atoms with E-state index in [1.807, 2.05) is 0 Å². The average Bonchev–Trinajstić information content (AvgIpc) is 3.09. The van der Waals surface area contributed by atoms with E-state index in [1.54, 1.807) is 6.07 Å². The molecule has 6 nitrogen and oxygen atoms in total. The van der Waals surface area contributed by atoms with Crippen molar-refractivity contribution >= 4 is 0 Å². The van der Waals surface area contributed by atoms with Crippen molar-refractivity contribution in [3.05, 3.63) is 48.7 Å². The van der Waals surface area contributed by atoms with Gasteiger partial charge in [0.1, 0.15) is 17.3 Å². The molecule has 0 amide bonds. The van der Waals surface area contributed by atoms with Gasteiger partial charge in [0.2, 0.25) is 0 Å². The maximum atomic E-state index is 14.1. The van der Waals surface area contributed by atoms with Gasteiger partial charge in [0.25, 0.3) is 0 Å². The average molecular weight is 396 g/mol. The normalized spacial score (nSPS) is 12.1. The Morgan fingerprint density at radius 3 is 2.32 bits per heavy atom. The molecule has 0 N–H and O–H groups in total. The van der Waals surface area contributed by atoms with E-state index in [1.165, 1.54) is 42.5 Å². The first kappa shape index (κ1) is 19.6. The number of ether oxygens (including phenoxy) is 2. The molecule has 0 saturated carbocycles. The Balaban J connectivity index is 1.99. The van der Waals surface area contributed by atoms with Crippen molar-refractivity contribution < 1.29 is 27.0 Å². The Hall–Kier alpha value is -3.17. The van der Waals surface area contributed by atoms with E-state index in [9.17, 15) is 17.6 Å². The van der Waals surface area contributed by atoms with Gasteiger partial charge in [-0.15, -0.1) is 0 Å². The molecule has 10 heteroatoms. The molecule has 0 atom stereocenters. The summed E-state index contributed by atoms with van der Waals surface area (Å²) >= 11 is 0. The van der Waals surface area contributed by atoms with Crippen LogP contribution in [0.15, 0.2) is 42.9 Å². The van der Waals surface area contributed by atoms with Gasteiger partial charge in [-0.2, -0.15) is 18.3 Å². The minimum absolute atomic E-state index is 0.160. The zero-order valence-corrected chi connectivity index (χ0v) is 15.2. The highest BCUT2D eigenvalue weighted by Crippen LogP contribution is 2.36. The van der Waals surface area contributed by atoms with E-state index in [-0.39, 0.29) is 17.3 Å². The van der Waals surface area contributed by atoms with Crippen LogP contribution in [-0.4, -0.2) is 38.6 Å². The number of halogens is 4. The fourth-order valence-corrected chi connectivity index (χ4v) is 2.37. The fraction of sp³-hybridized carbons (Fsp3) is 0.278. The molecule has 148 valence electrons. The first-order valence-corrected chi connectivity index (χ1v) is 8.08. The largest absolute Gasteiger partial charge is 0.478 e. The molecule has 0 unspecified atom stereocenters. The van der Waals surface area contributed by atoms with E-state index in [4.69, 9.17) is 9.47 Å². The summed E-state index contributed by atoms with van der Waals surface area (Å²) in [6.45, 7) is 1.74. The van der Waals surface area contributed by atoms with Gasteiger partial charge in [0.05, 0.1) is 31.4 Å². The number of methoxy groups -OCH3 is 1. The lowest BCUT2D eigenvalue weighted by Gasteiger charge is -2.29. The molecule has 3 rings (SSSR count). The van der Waals surface area contributed by atoms with E-state index in [2.05, 4.69) is 15.1 Å². The molecule has 2 heterocycles. The van der Waals surface area contributed by atoms with Crippen molar-refractivity contribution in [3.8, 4) is 28.7 Å². The van der Waals surface area contributed by atoms with Crippen molar-refractivity contribution in [2.45, 2.75) is 25.6 Å². The Kier molecular flexibility index (Phi) is 4.97. The second kappa shape index (κ2) is 7.10. The zero-order chi connectivity index (χ0) is 20.5. The van der Waals surface area contributed by atoms with Gasteiger partial charge >= 0.3 is 12.2 Å². The molecule has 1 aromatic carbocycles. The highest BCUT2D eigenvalue weighted by molar-refractivity contribution is 5.63. The molecule has 0 spiro atoms. The summed E-state index contributed by atoms with van der Waals surface area (Å²) in [5.74, 6) is -1.000. The molecule has 0 aliphatic rings. The zero-order valence-electron chi connectivity index (χ0n) is 15.2. The maximum Gasteiger partial charge on any atom is 0.427 e. The molecule has 0 aliphatic carbocycles. The number of hydrogen-bond acceptors (Lipinski definition) is 5. The third-order valence-corrected chi connectivity index (χ3v) is 3.91. The van der Waals surface area contributed by atoms with Gasteiger partial charge in [0, 0.05) is 11.6 Å². The van der Waals surface area contributed by atoms with Gasteiger partial charge in [0.15, 0.2) is 5.60 Å². The van der Waals surface area contributed by atoms with Crippen LogP contribution in [0.1, 0.15) is 13.8 Å². The molecule has 0 aliphatic heterocycles. The lowest BCUT2D eigenvalue weighted by atomic mass is 10.1. The topological polar surface area (TPSA) is 62.1 Å². The molecule has 0 radical (unpaired) electrons. The number of aromatic nitrogens is 4. The lowest BCUT2D eigenvalue weighted by molar-refractivity contribution is -0.234. The molecular weight excluding hydrogens is 380 g/mol. The lowest BCUT2D eigenvalue weighted by Crippen LogP contribution is -2.44. The molecule has 0 bridgehead atoms. The predicted octanol–water partition coefficient (Wildman–Crippen LogP) is 4.20. The number of nitrogens with zero attached hydrogens (tertiary/aromatic N) is 4.